The lowest BCUT2D eigenvalue weighted by Gasteiger charge is -2.16. The van der Waals surface area contributed by atoms with Crippen LogP contribution in [0.5, 0.6) is 0 Å². The van der Waals surface area contributed by atoms with Gasteiger partial charge in [-0.15, -0.1) is 0 Å². The van der Waals surface area contributed by atoms with Crippen LogP contribution in [0.4, 0.5) is 0 Å². The van der Waals surface area contributed by atoms with Crippen molar-refractivity contribution in [1.29, 1.82) is 5.26 Å². The van der Waals surface area contributed by atoms with Crippen LogP contribution in [0, 0.1) is 11.3 Å². The highest BCUT2D eigenvalue weighted by molar-refractivity contribution is 7.92. The first-order chi connectivity index (χ1) is 14.0. The highest BCUT2D eigenvalue weighted by atomic mass is 32.2. The molecule has 0 bridgehead atoms. The minimum Gasteiger partial charge on any atom is -0.266 e. The highest BCUT2D eigenvalue weighted by Gasteiger charge is 2.18. The predicted octanol–water partition coefficient (Wildman–Crippen LogP) is 3.47. The molecule has 142 valence electrons. The number of pyridine rings is 1. The second kappa shape index (κ2) is 7.26. The molecule has 0 unspecified atom stereocenters. The standard InChI is InChI=1S/C22H15N3O3S/c23-15-19-12-13-21(18-11-10-16-6-4-5-7-17(16)14-18)25(22(19)26)24-29(27,28)20-8-2-1-3-9-20/h1-14,24H. The lowest BCUT2D eigenvalue weighted by atomic mass is 10.0. The third-order valence-electron chi connectivity index (χ3n) is 4.51. The Bertz CT molecular complexity index is 1420. The van der Waals surface area contributed by atoms with Crippen molar-refractivity contribution in [2.45, 2.75) is 4.90 Å². The van der Waals surface area contributed by atoms with Crippen LogP contribution in [-0.2, 0) is 10.0 Å². The molecular formula is C22H15N3O3S. The number of sulfonamides is 1. The summed E-state index contributed by atoms with van der Waals surface area (Å²) in [6.07, 6.45) is 0. The van der Waals surface area contributed by atoms with Gasteiger partial charge in [-0.05, 0) is 41.1 Å². The van der Waals surface area contributed by atoms with E-state index in [0.29, 0.717) is 11.3 Å². The normalized spacial score (nSPS) is 11.1. The number of benzene rings is 3. The molecule has 1 heterocycles. The molecule has 1 N–H and O–H groups in total. The largest absolute Gasteiger partial charge is 0.288 e. The number of nitrogens with one attached hydrogen (secondary N) is 1. The number of aromatic nitrogens is 1. The average Bonchev–Trinajstić information content (AvgIpc) is 2.75. The van der Waals surface area contributed by atoms with Crippen molar-refractivity contribution in [2.24, 2.45) is 0 Å². The Morgan fingerprint density at radius 3 is 2.24 bits per heavy atom. The summed E-state index contributed by atoms with van der Waals surface area (Å²) in [5.41, 5.74) is 0.0725. The van der Waals surface area contributed by atoms with Gasteiger partial charge in [-0.3, -0.25) is 4.79 Å². The van der Waals surface area contributed by atoms with Crippen LogP contribution in [0.25, 0.3) is 22.0 Å². The predicted molar refractivity (Wildman–Crippen MR) is 111 cm³/mol. The maximum atomic E-state index is 12.8. The van der Waals surface area contributed by atoms with E-state index in [9.17, 15) is 18.5 Å². The lowest BCUT2D eigenvalue weighted by molar-refractivity contribution is 0.594. The third kappa shape index (κ3) is 3.49. The Morgan fingerprint density at radius 1 is 0.828 bits per heavy atom. The van der Waals surface area contributed by atoms with Gasteiger partial charge in [-0.25, -0.2) is 9.51 Å². The molecule has 4 aromatic rings. The molecule has 4 rings (SSSR count). The number of hydrogen-bond donors (Lipinski definition) is 1. The van der Waals surface area contributed by atoms with Crippen LogP contribution in [0.3, 0.4) is 0 Å². The van der Waals surface area contributed by atoms with Gasteiger partial charge in [0, 0.05) is 5.56 Å². The zero-order chi connectivity index (χ0) is 20.4. The van der Waals surface area contributed by atoms with E-state index < -0.39 is 15.6 Å². The quantitative estimate of drug-likeness (QED) is 0.567. The lowest BCUT2D eigenvalue weighted by Crippen LogP contribution is -2.35. The van der Waals surface area contributed by atoms with Crippen molar-refractivity contribution < 1.29 is 8.42 Å². The molecule has 0 aliphatic rings. The first-order valence-electron chi connectivity index (χ1n) is 8.73. The van der Waals surface area contributed by atoms with Crippen molar-refractivity contribution >= 4 is 20.8 Å². The summed E-state index contributed by atoms with van der Waals surface area (Å²) in [6.45, 7) is 0. The van der Waals surface area contributed by atoms with E-state index in [1.54, 1.807) is 36.4 Å². The van der Waals surface area contributed by atoms with Gasteiger partial charge in [0.2, 0.25) is 0 Å². The van der Waals surface area contributed by atoms with E-state index in [4.69, 9.17) is 0 Å². The van der Waals surface area contributed by atoms with Crippen LogP contribution >= 0.6 is 0 Å². The third-order valence-corrected chi connectivity index (χ3v) is 5.83. The molecule has 0 fully saturated rings. The average molecular weight is 401 g/mol. The Morgan fingerprint density at radius 2 is 1.52 bits per heavy atom. The maximum Gasteiger partial charge on any atom is 0.288 e. The van der Waals surface area contributed by atoms with Gasteiger partial charge in [0.15, 0.2) is 0 Å². The summed E-state index contributed by atoms with van der Waals surface area (Å²) in [4.78, 5) is 15.1. The van der Waals surface area contributed by atoms with Crippen LogP contribution in [-0.4, -0.2) is 13.1 Å². The molecule has 1 aromatic heterocycles. The summed E-state index contributed by atoms with van der Waals surface area (Å²) in [5.74, 6) is 0. The second-order valence-corrected chi connectivity index (χ2v) is 8.02. The van der Waals surface area contributed by atoms with Gasteiger partial charge < -0.3 is 0 Å². The molecule has 0 saturated heterocycles. The molecule has 0 saturated carbocycles. The van der Waals surface area contributed by atoms with E-state index in [0.717, 1.165) is 15.4 Å². The Balaban J connectivity index is 1.90. The second-order valence-electron chi connectivity index (χ2n) is 6.35. The smallest absolute Gasteiger partial charge is 0.266 e. The fraction of sp³-hybridized carbons (Fsp3) is 0. The van der Waals surface area contributed by atoms with Crippen molar-refractivity contribution in [3.8, 4) is 17.3 Å². The van der Waals surface area contributed by atoms with Gasteiger partial charge in [0.05, 0.1) is 10.6 Å². The van der Waals surface area contributed by atoms with Gasteiger partial charge in [-0.1, -0.05) is 54.6 Å². The molecule has 29 heavy (non-hydrogen) atoms. The molecule has 7 heteroatoms. The minimum absolute atomic E-state index is 0.0127. The van der Waals surface area contributed by atoms with E-state index in [2.05, 4.69) is 4.83 Å². The summed E-state index contributed by atoms with van der Waals surface area (Å²) in [5, 5.41) is 11.2. The summed E-state index contributed by atoms with van der Waals surface area (Å²) < 4.78 is 26.5. The number of fused-ring (bicyclic) bond motifs is 1. The molecule has 0 aliphatic carbocycles. The van der Waals surface area contributed by atoms with Gasteiger partial charge in [-0.2, -0.15) is 13.7 Å². The van der Waals surface area contributed by atoms with Crippen LogP contribution in [0.1, 0.15) is 5.56 Å². The first-order valence-corrected chi connectivity index (χ1v) is 10.2. The fourth-order valence-corrected chi connectivity index (χ4v) is 4.10. The van der Waals surface area contributed by atoms with Crippen LogP contribution < -0.4 is 10.4 Å². The van der Waals surface area contributed by atoms with Crippen LogP contribution in [0.15, 0.2) is 94.6 Å². The topological polar surface area (TPSA) is 92.0 Å². The van der Waals surface area contributed by atoms with Gasteiger partial charge >= 0.3 is 0 Å². The fourth-order valence-electron chi connectivity index (χ4n) is 3.06. The number of rotatable bonds is 4. The van der Waals surface area contributed by atoms with E-state index in [1.807, 2.05) is 36.4 Å². The number of hydrogen-bond acceptors (Lipinski definition) is 4. The summed E-state index contributed by atoms with van der Waals surface area (Å²) >= 11 is 0. The van der Waals surface area contributed by atoms with Crippen molar-refractivity contribution in [1.82, 2.24) is 4.68 Å². The Labute approximate surface area is 167 Å². The molecule has 0 radical (unpaired) electrons. The molecule has 0 aliphatic heterocycles. The van der Waals surface area contributed by atoms with Crippen LogP contribution in [0.2, 0.25) is 0 Å². The van der Waals surface area contributed by atoms with E-state index in [1.165, 1.54) is 18.2 Å². The minimum atomic E-state index is -4.03. The Kier molecular flexibility index (Phi) is 4.63. The SMILES string of the molecule is N#Cc1ccc(-c2ccc3ccccc3c2)n(NS(=O)(=O)c2ccccc2)c1=O. The maximum absolute atomic E-state index is 12.8. The van der Waals surface area contributed by atoms with E-state index >= 15 is 0 Å². The first kappa shape index (κ1) is 18.5. The number of nitriles is 1. The molecular weight excluding hydrogens is 386 g/mol. The molecule has 0 amide bonds. The van der Waals surface area contributed by atoms with Crippen molar-refractivity contribution in [3.63, 3.8) is 0 Å². The van der Waals surface area contributed by atoms with Gasteiger partial charge in [0.25, 0.3) is 15.6 Å². The molecule has 0 spiro atoms. The molecule has 6 nitrogen and oxygen atoms in total. The van der Waals surface area contributed by atoms with E-state index in [-0.39, 0.29) is 10.5 Å². The van der Waals surface area contributed by atoms with Gasteiger partial charge in [0.1, 0.15) is 11.6 Å². The Hall–Kier alpha value is -3.89. The monoisotopic (exact) mass is 401 g/mol. The highest BCUT2D eigenvalue weighted by Crippen LogP contribution is 2.24. The number of nitrogens with zero attached hydrogens (tertiary/aromatic N) is 2. The summed E-state index contributed by atoms with van der Waals surface area (Å²) in [6, 6.07) is 25.7. The van der Waals surface area contributed by atoms with Crippen molar-refractivity contribution in [3.05, 3.63) is 101 Å². The zero-order valence-electron chi connectivity index (χ0n) is 15.1. The zero-order valence-corrected chi connectivity index (χ0v) is 15.9. The van der Waals surface area contributed by atoms with Crippen molar-refractivity contribution in [2.75, 3.05) is 4.83 Å². The molecule has 3 aromatic carbocycles. The summed E-state index contributed by atoms with van der Waals surface area (Å²) in [7, 11) is -4.03. The molecule has 0 atom stereocenters.